The lowest BCUT2D eigenvalue weighted by molar-refractivity contribution is 0.0802. The zero-order valence-electron chi connectivity index (χ0n) is 18.6. The van der Waals surface area contributed by atoms with Crippen molar-refractivity contribution in [2.24, 2.45) is 0 Å². The normalized spacial score (nSPS) is 11.9. The summed E-state index contributed by atoms with van der Waals surface area (Å²) in [5.74, 6) is 2.56. The molecule has 2 nitrogen and oxygen atoms in total. The quantitative estimate of drug-likeness (QED) is 0.372. The Balaban J connectivity index is 1.73. The second kappa shape index (κ2) is 9.18. The molecule has 0 saturated carbocycles. The van der Waals surface area contributed by atoms with Crippen LogP contribution >= 0.6 is 12.6 Å². The highest BCUT2D eigenvalue weighted by atomic mass is 32.1. The Labute approximate surface area is 186 Å². The van der Waals surface area contributed by atoms with Crippen LogP contribution in [0.5, 0.6) is 17.2 Å². The van der Waals surface area contributed by atoms with Gasteiger partial charge in [0.05, 0.1) is 0 Å². The van der Waals surface area contributed by atoms with Gasteiger partial charge in [-0.1, -0.05) is 52.0 Å². The molecule has 0 radical (unpaired) electrons. The van der Waals surface area contributed by atoms with E-state index in [4.69, 9.17) is 9.47 Å². The molecule has 0 atom stereocenters. The first kappa shape index (κ1) is 22.3. The first-order valence-electron chi connectivity index (χ1n) is 10.6. The molecule has 0 aliphatic carbocycles. The first-order chi connectivity index (χ1) is 14.3. The summed E-state index contributed by atoms with van der Waals surface area (Å²) in [5, 5.41) is 0. The fourth-order valence-electron chi connectivity index (χ4n) is 3.38. The van der Waals surface area contributed by atoms with Crippen molar-refractivity contribution in [3.05, 3.63) is 83.9 Å². The minimum atomic E-state index is -0.121. The molecule has 30 heavy (non-hydrogen) atoms. The number of hydrogen-bond acceptors (Lipinski definition) is 3. The number of thiol groups is 1. The van der Waals surface area contributed by atoms with Crippen LogP contribution in [-0.2, 0) is 5.41 Å². The van der Waals surface area contributed by atoms with Crippen molar-refractivity contribution in [1.82, 2.24) is 0 Å². The number of ether oxygens (including phenoxy) is 2. The topological polar surface area (TPSA) is 18.5 Å². The fourth-order valence-corrected chi connectivity index (χ4v) is 3.52. The summed E-state index contributed by atoms with van der Waals surface area (Å²) < 4.78 is 12.2. The van der Waals surface area contributed by atoms with E-state index in [0.29, 0.717) is 0 Å². The third-order valence-corrected chi connectivity index (χ3v) is 6.38. The van der Waals surface area contributed by atoms with Gasteiger partial charge in [-0.3, -0.25) is 0 Å². The van der Waals surface area contributed by atoms with Crippen molar-refractivity contribution >= 4 is 12.6 Å². The van der Waals surface area contributed by atoms with Gasteiger partial charge in [-0.05, 0) is 79.4 Å². The van der Waals surface area contributed by atoms with E-state index >= 15 is 0 Å². The summed E-state index contributed by atoms with van der Waals surface area (Å²) in [5.41, 5.74) is 2.26. The molecule has 0 heterocycles. The molecule has 0 aromatic heterocycles. The predicted octanol–water partition coefficient (Wildman–Crippen LogP) is 8.05. The van der Waals surface area contributed by atoms with Crippen LogP contribution in [0.15, 0.2) is 77.7 Å². The van der Waals surface area contributed by atoms with Crippen molar-refractivity contribution in [2.45, 2.75) is 63.4 Å². The summed E-state index contributed by atoms with van der Waals surface area (Å²) in [4.78, 5) is 0.921. The third kappa shape index (κ3) is 5.20. The summed E-state index contributed by atoms with van der Waals surface area (Å²) >= 11 is 4.31. The van der Waals surface area contributed by atoms with Gasteiger partial charge in [-0.2, -0.15) is 0 Å². The number of hydrogen-bond donors (Lipinski definition) is 1. The summed E-state index contributed by atoms with van der Waals surface area (Å²) in [6, 6.07) is 24.5. The van der Waals surface area contributed by atoms with E-state index in [0.717, 1.165) is 35.0 Å². The summed E-state index contributed by atoms with van der Waals surface area (Å²) in [7, 11) is 0. The second-order valence-corrected chi connectivity index (χ2v) is 9.05. The van der Waals surface area contributed by atoms with Crippen molar-refractivity contribution in [3.8, 4) is 17.2 Å². The van der Waals surface area contributed by atoms with Crippen LogP contribution in [0.3, 0.4) is 0 Å². The molecule has 0 spiro atoms. The average Bonchev–Trinajstić information content (AvgIpc) is 2.76. The van der Waals surface area contributed by atoms with Gasteiger partial charge < -0.3 is 9.47 Å². The highest BCUT2D eigenvalue weighted by Crippen LogP contribution is 2.35. The summed E-state index contributed by atoms with van der Waals surface area (Å²) in [6.45, 7) is 11.0. The van der Waals surface area contributed by atoms with Crippen molar-refractivity contribution in [3.63, 3.8) is 0 Å². The molecule has 3 rings (SSSR count). The van der Waals surface area contributed by atoms with E-state index in [1.165, 1.54) is 11.1 Å². The smallest absolute Gasteiger partial charge is 0.127 e. The lowest BCUT2D eigenvalue weighted by Crippen LogP contribution is -2.30. The fraction of sp³-hybridized carbons (Fsp3) is 0.333. The molecule has 0 amide bonds. The van der Waals surface area contributed by atoms with Crippen LogP contribution in [0.25, 0.3) is 0 Å². The molecule has 0 saturated heterocycles. The highest BCUT2D eigenvalue weighted by Gasteiger charge is 2.25. The van der Waals surface area contributed by atoms with Crippen molar-refractivity contribution < 1.29 is 9.47 Å². The maximum atomic E-state index is 6.23. The van der Waals surface area contributed by atoms with Gasteiger partial charge in [0.25, 0.3) is 0 Å². The van der Waals surface area contributed by atoms with Gasteiger partial charge in [0.15, 0.2) is 0 Å². The maximum Gasteiger partial charge on any atom is 0.127 e. The van der Waals surface area contributed by atoms with E-state index in [9.17, 15) is 0 Å². The molecule has 0 aliphatic heterocycles. The number of rotatable bonds is 8. The van der Waals surface area contributed by atoms with E-state index in [1.807, 2.05) is 36.4 Å². The number of benzene rings is 3. The van der Waals surface area contributed by atoms with Gasteiger partial charge in [-0.15, -0.1) is 12.6 Å². The van der Waals surface area contributed by atoms with Crippen LogP contribution < -0.4 is 9.47 Å². The van der Waals surface area contributed by atoms with E-state index in [-0.39, 0.29) is 11.0 Å². The van der Waals surface area contributed by atoms with Gasteiger partial charge in [0.1, 0.15) is 22.8 Å². The highest BCUT2D eigenvalue weighted by molar-refractivity contribution is 7.80. The Hall–Kier alpha value is -2.39. The van der Waals surface area contributed by atoms with Gasteiger partial charge in [0.2, 0.25) is 0 Å². The zero-order chi connectivity index (χ0) is 21.8. The Kier molecular flexibility index (Phi) is 6.82. The van der Waals surface area contributed by atoms with E-state index in [1.54, 1.807) is 0 Å². The Bertz CT molecular complexity index is 938. The van der Waals surface area contributed by atoms with Crippen LogP contribution in [0.1, 0.15) is 58.6 Å². The largest absolute Gasteiger partial charge is 0.488 e. The molecule has 0 unspecified atom stereocenters. The van der Waals surface area contributed by atoms with Crippen LogP contribution in [0, 0.1) is 0 Å². The molecule has 3 heteroatoms. The molecule has 0 fully saturated rings. The van der Waals surface area contributed by atoms with Gasteiger partial charge in [-0.25, -0.2) is 0 Å². The van der Waals surface area contributed by atoms with Crippen LogP contribution in [0.2, 0.25) is 0 Å². The SMILES string of the molecule is CCC(C)(CC)Oc1ccc(C(C)(C)c2ccc(Oc3ccc(S)cc3)cc2)cc1. The monoisotopic (exact) mass is 420 g/mol. The lowest BCUT2D eigenvalue weighted by Gasteiger charge is -2.30. The molecule has 0 aliphatic rings. The molecule has 158 valence electrons. The van der Waals surface area contributed by atoms with Crippen LogP contribution in [0.4, 0.5) is 0 Å². The average molecular weight is 421 g/mol. The zero-order valence-corrected chi connectivity index (χ0v) is 19.5. The van der Waals surface area contributed by atoms with Gasteiger partial charge >= 0.3 is 0 Å². The maximum absolute atomic E-state index is 6.23. The minimum Gasteiger partial charge on any atom is -0.488 e. The third-order valence-electron chi connectivity index (χ3n) is 6.08. The molecule has 3 aromatic rings. The Morgan fingerprint density at radius 1 is 0.633 bits per heavy atom. The van der Waals surface area contributed by atoms with Gasteiger partial charge in [0, 0.05) is 10.3 Å². The van der Waals surface area contributed by atoms with E-state index in [2.05, 4.69) is 83.6 Å². The van der Waals surface area contributed by atoms with Crippen molar-refractivity contribution in [1.29, 1.82) is 0 Å². The molecule has 0 bridgehead atoms. The van der Waals surface area contributed by atoms with E-state index < -0.39 is 0 Å². The Morgan fingerprint density at radius 2 is 1.03 bits per heavy atom. The minimum absolute atomic E-state index is 0.111. The molecular formula is C27H32O2S. The standard InChI is InChI=1S/C27H32O2S/c1-6-27(5,7-2)29-24-14-10-21(11-15-24)26(3,4)20-8-12-22(13-9-20)28-23-16-18-25(30)19-17-23/h8-19,30H,6-7H2,1-5H3. The summed E-state index contributed by atoms with van der Waals surface area (Å²) in [6.07, 6.45) is 1.98. The second-order valence-electron chi connectivity index (χ2n) is 8.53. The molecular weight excluding hydrogens is 388 g/mol. The van der Waals surface area contributed by atoms with Crippen LogP contribution in [-0.4, -0.2) is 5.60 Å². The lowest BCUT2D eigenvalue weighted by atomic mass is 9.78. The van der Waals surface area contributed by atoms with Crippen molar-refractivity contribution in [2.75, 3.05) is 0 Å². The molecule has 0 N–H and O–H groups in total. The molecule has 3 aromatic carbocycles. The Morgan fingerprint density at radius 3 is 1.47 bits per heavy atom. The predicted molar refractivity (Wildman–Crippen MR) is 128 cm³/mol. The first-order valence-corrected chi connectivity index (χ1v) is 11.1.